The van der Waals surface area contributed by atoms with Crippen molar-refractivity contribution in [2.45, 2.75) is 19.3 Å². The average molecular weight is 358 g/mol. The van der Waals surface area contributed by atoms with Crippen LogP contribution in [0.1, 0.15) is 24.0 Å². The van der Waals surface area contributed by atoms with Gasteiger partial charge in [0, 0.05) is 30.5 Å². The van der Waals surface area contributed by atoms with E-state index in [1.165, 1.54) is 0 Å². The summed E-state index contributed by atoms with van der Waals surface area (Å²) in [6, 6.07) is 14.1. The number of ether oxygens (including phenoxy) is 1. The van der Waals surface area contributed by atoms with Gasteiger partial charge in [-0.15, -0.1) is 0 Å². The molecule has 27 heavy (non-hydrogen) atoms. The van der Waals surface area contributed by atoms with Crippen molar-refractivity contribution in [3.05, 3.63) is 57.9 Å². The highest BCUT2D eigenvalue weighted by molar-refractivity contribution is 5.95. The summed E-state index contributed by atoms with van der Waals surface area (Å²) in [6.45, 7) is 2.19. The van der Waals surface area contributed by atoms with E-state index in [9.17, 15) is 10.1 Å². The second-order valence-corrected chi connectivity index (χ2v) is 6.99. The first-order valence-electron chi connectivity index (χ1n) is 9.28. The Balaban J connectivity index is 1.84. The fraction of sp³-hybridized carbons (Fsp3) is 0.273. The molecule has 0 bridgehead atoms. The van der Waals surface area contributed by atoms with Crippen LogP contribution in [-0.4, -0.2) is 19.7 Å². The number of benzene rings is 2. The molecule has 5 heteroatoms. The Labute approximate surface area is 156 Å². The molecular formula is C22H18N2O3. The summed E-state index contributed by atoms with van der Waals surface area (Å²) in [5, 5.41) is 11.7. The van der Waals surface area contributed by atoms with Crippen LogP contribution < -0.4 is 15.3 Å². The first-order valence-corrected chi connectivity index (χ1v) is 9.28. The third kappa shape index (κ3) is 2.41. The van der Waals surface area contributed by atoms with Crippen LogP contribution >= 0.6 is 0 Å². The van der Waals surface area contributed by atoms with E-state index in [1.54, 1.807) is 0 Å². The number of nitrogens with zero attached hydrogens (tertiary/aromatic N) is 2. The molecule has 134 valence electrons. The summed E-state index contributed by atoms with van der Waals surface area (Å²) in [5.74, 6) is 1.28. The molecule has 0 aliphatic carbocycles. The molecule has 1 aromatic heterocycles. The third-order valence-corrected chi connectivity index (χ3v) is 5.45. The normalized spacial score (nSPS) is 15.6. The Morgan fingerprint density at radius 3 is 2.70 bits per heavy atom. The van der Waals surface area contributed by atoms with Gasteiger partial charge in [-0.2, -0.15) is 5.26 Å². The van der Waals surface area contributed by atoms with Crippen molar-refractivity contribution < 1.29 is 9.15 Å². The summed E-state index contributed by atoms with van der Waals surface area (Å²) < 4.78 is 11.8. The zero-order chi connectivity index (χ0) is 18.4. The van der Waals surface area contributed by atoms with Crippen LogP contribution in [0.25, 0.3) is 22.1 Å². The van der Waals surface area contributed by atoms with Gasteiger partial charge in [0.25, 0.3) is 0 Å². The maximum absolute atomic E-state index is 12.6. The number of rotatable bonds is 1. The SMILES string of the molecule is N#Cc1c(N2CCCC2)c2c(oc1=O)-c1ccc3ccccc3c1OCC2. The fourth-order valence-corrected chi connectivity index (χ4v) is 4.23. The molecule has 2 aliphatic heterocycles. The summed E-state index contributed by atoms with van der Waals surface area (Å²) in [5.41, 5.74) is 1.97. The molecule has 0 spiro atoms. The van der Waals surface area contributed by atoms with E-state index in [2.05, 4.69) is 11.0 Å². The predicted molar refractivity (Wildman–Crippen MR) is 103 cm³/mol. The first kappa shape index (κ1) is 16.0. The number of hydrogen-bond donors (Lipinski definition) is 0. The minimum absolute atomic E-state index is 0.111. The Morgan fingerprint density at radius 1 is 1.07 bits per heavy atom. The highest BCUT2D eigenvalue weighted by Gasteiger charge is 2.29. The van der Waals surface area contributed by atoms with Crippen molar-refractivity contribution in [1.82, 2.24) is 0 Å². The van der Waals surface area contributed by atoms with Gasteiger partial charge in [-0.3, -0.25) is 0 Å². The summed E-state index contributed by atoms with van der Waals surface area (Å²) in [4.78, 5) is 14.8. The molecule has 0 saturated carbocycles. The Hall–Kier alpha value is -3.26. The highest BCUT2D eigenvalue weighted by atomic mass is 16.5. The Morgan fingerprint density at radius 2 is 1.89 bits per heavy atom. The minimum atomic E-state index is -0.570. The molecule has 5 rings (SSSR count). The molecule has 5 nitrogen and oxygen atoms in total. The quantitative estimate of drug-likeness (QED) is 0.661. The largest absolute Gasteiger partial charge is 0.492 e. The molecule has 1 fully saturated rings. The standard InChI is InChI=1S/C22H18N2O3/c23-13-18-19(24-10-3-4-11-24)16-9-12-26-20-15-6-2-1-5-14(15)7-8-17(20)21(16)27-22(18)25/h1-2,5-8H,3-4,9-12H2. The zero-order valence-electron chi connectivity index (χ0n) is 14.8. The summed E-state index contributed by atoms with van der Waals surface area (Å²) in [6.07, 6.45) is 2.73. The van der Waals surface area contributed by atoms with Gasteiger partial charge in [-0.25, -0.2) is 4.79 Å². The van der Waals surface area contributed by atoms with Gasteiger partial charge < -0.3 is 14.1 Å². The molecule has 2 aliphatic rings. The molecular weight excluding hydrogens is 340 g/mol. The molecule has 0 atom stereocenters. The Bertz CT molecular complexity index is 1150. The molecule has 1 saturated heterocycles. The van der Waals surface area contributed by atoms with Gasteiger partial charge in [0.15, 0.2) is 5.56 Å². The van der Waals surface area contributed by atoms with Crippen LogP contribution in [0.3, 0.4) is 0 Å². The van der Waals surface area contributed by atoms with Crippen LogP contribution in [0.15, 0.2) is 45.6 Å². The molecule has 0 N–H and O–H groups in total. The first-order chi connectivity index (χ1) is 13.3. The van der Waals surface area contributed by atoms with Gasteiger partial charge in [-0.05, 0) is 24.3 Å². The number of nitriles is 1. The minimum Gasteiger partial charge on any atom is -0.492 e. The van der Waals surface area contributed by atoms with Gasteiger partial charge in [0.2, 0.25) is 0 Å². The molecule has 3 aromatic rings. The van der Waals surface area contributed by atoms with E-state index in [-0.39, 0.29) is 5.56 Å². The van der Waals surface area contributed by atoms with Crippen LogP contribution in [0.4, 0.5) is 5.69 Å². The van der Waals surface area contributed by atoms with Crippen molar-refractivity contribution in [2.75, 3.05) is 24.6 Å². The summed E-state index contributed by atoms with van der Waals surface area (Å²) in [7, 11) is 0. The average Bonchev–Trinajstić information content (AvgIpc) is 3.16. The monoisotopic (exact) mass is 358 g/mol. The lowest BCUT2D eigenvalue weighted by Gasteiger charge is -2.22. The zero-order valence-corrected chi connectivity index (χ0v) is 14.8. The third-order valence-electron chi connectivity index (χ3n) is 5.45. The molecule has 0 amide bonds. The predicted octanol–water partition coefficient (Wildman–Crippen LogP) is 3.87. The number of fused-ring (bicyclic) bond motifs is 5. The van der Waals surface area contributed by atoms with E-state index < -0.39 is 5.63 Å². The number of hydrogen-bond acceptors (Lipinski definition) is 5. The molecule has 3 heterocycles. The van der Waals surface area contributed by atoms with E-state index in [1.807, 2.05) is 36.4 Å². The molecule has 2 aromatic carbocycles. The summed E-state index contributed by atoms with van der Waals surface area (Å²) >= 11 is 0. The van der Waals surface area contributed by atoms with Crippen molar-refractivity contribution in [2.24, 2.45) is 0 Å². The maximum Gasteiger partial charge on any atom is 0.356 e. The van der Waals surface area contributed by atoms with Crippen LogP contribution in [0.2, 0.25) is 0 Å². The number of anilines is 1. The second kappa shape index (κ2) is 6.17. The van der Waals surface area contributed by atoms with E-state index in [0.717, 1.165) is 59.3 Å². The van der Waals surface area contributed by atoms with Gasteiger partial charge >= 0.3 is 5.63 Å². The van der Waals surface area contributed by atoms with Crippen molar-refractivity contribution in [3.63, 3.8) is 0 Å². The maximum atomic E-state index is 12.6. The highest BCUT2D eigenvalue weighted by Crippen LogP contribution is 2.43. The van der Waals surface area contributed by atoms with E-state index in [0.29, 0.717) is 18.8 Å². The molecule has 0 radical (unpaired) electrons. The van der Waals surface area contributed by atoms with E-state index >= 15 is 0 Å². The lowest BCUT2D eigenvalue weighted by atomic mass is 9.98. The van der Waals surface area contributed by atoms with Gasteiger partial charge in [0.1, 0.15) is 17.6 Å². The Kier molecular flexibility index (Phi) is 3.64. The van der Waals surface area contributed by atoms with Crippen LogP contribution in [-0.2, 0) is 6.42 Å². The topological polar surface area (TPSA) is 66.5 Å². The lowest BCUT2D eigenvalue weighted by Crippen LogP contribution is -2.24. The van der Waals surface area contributed by atoms with Crippen molar-refractivity contribution in [1.29, 1.82) is 5.26 Å². The smallest absolute Gasteiger partial charge is 0.356 e. The van der Waals surface area contributed by atoms with Crippen molar-refractivity contribution in [3.8, 4) is 23.1 Å². The van der Waals surface area contributed by atoms with Crippen molar-refractivity contribution >= 4 is 16.5 Å². The fourth-order valence-electron chi connectivity index (χ4n) is 4.23. The van der Waals surface area contributed by atoms with Crippen LogP contribution in [0.5, 0.6) is 5.75 Å². The van der Waals surface area contributed by atoms with Crippen LogP contribution in [0, 0.1) is 11.3 Å². The van der Waals surface area contributed by atoms with E-state index in [4.69, 9.17) is 9.15 Å². The van der Waals surface area contributed by atoms with Gasteiger partial charge in [0.05, 0.1) is 17.9 Å². The van der Waals surface area contributed by atoms with Gasteiger partial charge in [-0.1, -0.05) is 30.3 Å². The lowest BCUT2D eigenvalue weighted by molar-refractivity contribution is 0.330. The second-order valence-electron chi connectivity index (χ2n) is 6.99. The molecule has 0 unspecified atom stereocenters.